The molecule has 2 amide bonds. The fourth-order valence-corrected chi connectivity index (χ4v) is 3.15. The van der Waals surface area contributed by atoms with Crippen molar-refractivity contribution in [2.24, 2.45) is 0 Å². The zero-order chi connectivity index (χ0) is 14.0. The molecule has 1 fully saturated rings. The van der Waals surface area contributed by atoms with Gasteiger partial charge in [-0.15, -0.1) is 0 Å². The predicted molar refractivity (Wildman–Crippen MR) is 68.2 cm³/mol. The number of nitrogen functional groups attached to an aromatic ring is 1. The molecule has 0 atom stereocenters. The number of benzene rings is 1. The van der Waals surface area contributed by atoms with Crippen molar-refractivity contribution in [1.29, 1.82) is 0 Å². The van der Waals surface area contributed by atoms with E-state index in [0.29, 0.717) is 11.3 Å². The smallest absolute Gasteiger partial charge is 0.241 e. The summed E-state index contributed by atoms with van der Waals surface area (Å²) >= 11 is 0. The maximum absolute atomic E-state index is 12.1. The van der Waals surface area contributed by atoms with Gasteiger partial charge in [0.05, 0.1) is 18.8 Å². The lowest BCUT2D eigenvalue weighted by atomic mass is 10.2. The zero-order valence-electron chi connectivity index (χ0n) is 10.00. The minimum Gasteiger partial charge on any atom is -0.399 e. The first-order valence-electron chi connectivity index (χ1n) is 5.52. The molecule has 0 spiro atoms. The molecule has 1 aromatic carbocycles. The van der Waals surface area contributed by atoms with Crippen LogP contribution in [-0.2, 0) is 25.4 Å². The minimum absolute atomic E-state index is 0.270. The molecule has 0 bridgehead atoms. The summed E-state index contributed by atoms with van der Waals surface area (Å²) in [7, 11) is -3.70. The van der Waals surface area contributed by atoms with E-state index in [1.807, 2.05) is 0 Å². The Kier molecular flexibility index (Phi) is 3.54. The third-order valence-electron chi connectivity index (χ3n) is 2.64. The van der Waals surface area contributed by atoms with Gasteiger partial charge < -0.3 is 5.73 Å². The van der Waals surface area contributed by atoms with Gasteiger partial charge >= 0.3 is 0 Å². The fraction of sp³-hybridized carbons (Fsp3) is 0.273. The van der Waals surface area contributed by atoms with Crippen LogP contribution in [-0.4, -0.2) is 37.6 Å². The zero-order valence-corrected chi connectivity index (χ0v) is 10.8. The van der Waals surface area contributed by atoms with Crippen molar-refractivity contribution in [2.75, 3.05) is 18.8 Å². The van der Waals surface area contributed by atoms with E-state index in [2.05, 4.69) is 5.32 Å². The number of sulfonamides is 1. The molecule has 1 heterocycles. The Morgan fingerprint density at radius 3 is 2.16 bits per heavy atom. The lowest BCUT2D eigenvalue weighted by Gasteiger charge is -2.24. The predicted octanol–water partition coefficient (Wildman–Crippen LogP) is -0.943. The minimum atomic E-state index is -3.70. The van der Waals surface area contributed by atoms with Crippen LogP contribution >= 0.6 is 0 Å². The standard InChI is InChI=1S/C11H13N3O4S/c12-9-3-1-8(2-4-9)7-19(17,18)14-5-10(15)13-11(16)6-14/h1-4H,5-7,12H2,(H,13,15,16). The average molecular weight is 283 g/mol. The summed E-state index contributed by atoms with van der Waals surface area (Å²) in [6, 6.07) is 6.38. The molecule has 7 nitrogen and oxygen atoms in total. The second-order valence-corrected chi connectivity index (χ2v) is 6.21. The number of nitrogens with one attached hydrogen (secondary N) is 1. The van der Waals surface area contributed by atoms with E-state index < -0.39 is 21.8 Å². The molecule has 0 saturated carbocycles. The second kappa shape index (κ2) is 4.98. The molecule has 0 unspecified atom stereocenters. The van der Waals surface area contributed by atoms with Crippen LogP contribution in [0.15, 0.2) is 24.3 Å². The average Bonchev–Trinajstić information content (AvgIpc) is 2.31. The lowest BCUT2D eigenvalue weighted by molar-refractivity contribution is -0.134. The molecule has 0 radical (unpaired) electrons. The maximum Gasteiger partial charge on any atom is 0.241 e. The molecule has 3 N–H and O–H groups in total. The number of nitrogens with two attached hydrogens (primary N) is 1. The molecule has 0 aromatic heterocycles. The van der Waals surface area contributed by atoms with Gasteiger partial charge in [0.1, 0.15) is 0 Å². The van der Waals surface area contributed by atoms with Crippen molar-refractivity contribution in [2.45, 2.75) is 5.75 Å². The molecule has 8 heteroatoms. The van der Waals surface area contributed by atoms with Gasteiger partial charge in [-0.1, -0.05) is 12.1 Å². The SMILES string of the molecule is Nc1ccc(CS(=O)(=O)N2CC(=O)NC(=O)C2)cc1. The van der Waals surface area contributed by atoms with Gasteiger partial charge in [-0.05, 0) is 17.7 Å². The first-order valence-corrected chi connectivity index (χ1v) is 7.13. The van der Waals surface area contributed by atoms with Crippen LogP contribution in [0.3, 0.4) is 0 Å². The van der Waals surface area contributed by atoms with Crippen LogP contribution in [0.1, 0.15) is 5.56 Å². The van der Waals surface area contributed by atoms with Gasteiger partial charge in [-0.3, -0.25) is 14.9 Å². The van der Waals surface area contributed by atoms with Crippen LogP contribution in [0.4, 0.5) is 5.69 Å². The summed E-state index contributed by atoms with van der Waals surface area (Å²) in [4.78, 5) is 22.3. The summed E-state index contributed by atoms with van der Waals surface area (Å²) in [6.45, 7) is -0.661. The number of rotatable bonds is 3. The lowest BCUT2D eigenvalue weighted by Crippen LogP contribution is -2.53. The number of carbonyl (C=O) groups excluding carboxylic acids is 2. The monoisotopic (exact) mass is 283 g/mol. The second-order valence-electron chi connectivity index (χ2n) is 4.24. The van der Waals surface area contributed by atoms with Crippen molar-refractivity contribution < 1.29 is 18.0 Å². The van der Waals surface area contributed by atoms with Crippen LogP contribution in [0.25, 0.3) is 0 Å². The highest BCUT2D eigenvalue weighted by Gasteiger charge is 2.31. The van der Waals surface area contributed by atoms with Crippen LogP contribution in [0.2, 0.25) is 0 Å². The van der Waals surface area contributed by atoms with Crippen molar-refractivity contribution in [1.82, 2.24) is 9.62 Å². The highest BCUT2D eigenvalue weighted by atomic mass is 32.2. The molecular weight excluding hydrogens is 270 g/mol. The van der Waals surface area contributed by atoms with Crippen molar-refractivity contribution >= 4 is 27.5 Å². The van der Waals surface area contributed by atoms with E-state index in [0.717, 1.165) is 4.31 Å². The van der Waals surface area contributed by atoms with E-state index in [9.17, 15) is 18.0 Å². The van der Waals surface area contributed by atoms with Crippen molar-refractivity contribution in [3.05, 3.63) is 29.8 Å². The quantitative estimate of drug-likeness (QED) is 0.549. The summed E-state index contributed by atoms with van der Waals surface area (Å²) in [5.74, 6) is -1.50. The maximum atomic E-state index is 12.1. The normalized spacial score (nSPS) is 17.3. The van der Waals surface area contributed by atoms with E-state index in [4.69, 9.17) is 5.73 Å². The third kappa shape index (κ3) is 3.30. The molecule has 1 saturated heterocycles. The Morgan fingerprint density at radius 2 is 1.63 bits per heavy atom. The number of imide groups is 1. The van der Waals surface area contributed by atoms with Gasteiger partial charge in [0.2, 0.25) is 21.8 Å². The van der Waals surface area contributed by atoms with E-state index in [1.165, 1.54) is 0 Å². The molecule has 102 valence electrons. The number of amides is 2. The molecule has 1 aliphatic heterocycles. The number of hydrogen-bond donors (Lipinski definition) is 2. The van der Waals surface area contributed by atoms with Gasteiger partial charge in [0.15, 0.2) is 0 Å². The van der Waals surface area contributed by atoms with Gasteiger partial charge in [-0.2, -0.15) is 4.31 Å². The van der Waals surface area contributed by atoms with Crippen molar-refractivity contribution in [3.63, 3.8) is 0 Å². The summed E-state index contributed by atoms with van der Waals surface area (Å²) in [6.07, 6.45) is 0. The highest BCUT2D eigenvalue weighted by molar-refractivity contribution is 7.88. The largest absolute Gasteiger partial charge is 0.399 e. The number of anilines is 1. The van der Waals surface area contributed by atoms with Gasteiger partial charge in [0.25, 0.3) is 0 Å². The number of carbonyl (C=O) groups is 2. The Bertz CT molecular complexity index is 593. The van der Waals surface area contributed by atoms with Gasteiger partial charge in [0, 0.05) is 5.69 Å². The van der Waals surface area contributed by atoms with E-state index in [-0.39, 0.29) is 18.8 Å². The molecule has 1 aliphatic rings. The Hall–Kier alpha value is -1.93. The number of nitrogens with zero attached hydrogens (tertiary/aromatic N) is 1. The van der Waals surface area contributed by atoms with E-state index >= 15 is 0 Å². The number of piperazine rings is 1. The molecule has 1 aromatic rings. The molecule has 2 rings (SSSR count). The highest BCUT2D eigenvalue weighted by Crippen LogP contribution is 2.13. The first kappa shape index (κ1) is 13.5. The summed E-state index contributed by atoms with van der Waals surface area (Å²) in [5, 5.41) is 2.05. The van der Waals surface area contributed by atoms with Crippen LogP contribution in [0.5, 0.6) is 0 Å². The van der Waals surface area contributed by atoms with Crippen molar-refractivity contribution in [3.8, 4) is 0 Å². The van der Waals surface area contributed by atoms with Gasteiger partial charge in [-0.25, -0.2) is 8.42 Å². The fourth-order valence-electron chi connectivity index (χ4n) is 1.72. The Balaban J connectivity index is 2.16. The summed E-state index contributed by atoms with van der Waals surface area (Å²) < 4.78 is 25.1. The Labute approximate surface area is 110 Å². The first-order chi connectivity index (χ1) is 8.87. The summed E-state index contributed by atoms with van der Waals surface area (Å²) in [5.41, 5.74) is 6.60. The molecular formula is C11H13N3O4S. The molecule has 19 heavy (non-hydrogen) atoms. The number of hydrogen-bond acceptors (Lipinski definition) is 5. The topological polar surface area (TPSA) is 110 Å². The van der Waals surface area contributed by atoms with E-state index in [1.54, 1.807) is 24.3 Å². The Morgan fingerprint density at radius 1 is 1.11 bits per heavy atom. The van der Waals surface area contributed by atoms with Crippen LogP contribution < -0.4 is 11.1 Å². The molecule has 0 aliphatic carbocycles. The van der Waals surface area contributed by atoms with Crippen LogP contribution in [0, 0.1) is 0 Å². The third-order valence-corrected chi connectivity index (χ3v) is 4.38.